The van der Waals surface area contributed by atoms with E-state index in [0.29, 0.717) is 0 Å². The first-order valence-electron chi connectivity index (χ1n) is 5.40. The number of aryl methyl sites for hydroxylation is 1. The van der Waals surface area contributed by atoms with Gasteiger partial charge in [0.15, 0.2) is 0 Å². The van der Waals surface area contributed by atoms with Crippen molar-refractivity contribution >= 4 is 5.57 Å². The van der Waals surface area contributed by atoms with Crippen LogP contribution in [0.3, 0.4) is 0 Å². The largest absolute Gasteiger partial charge is 0.0838 e. The van der Waals surface area contributed by atoms with E-state index < -0.39 is 0 Å². The Morgan fingerprint density at radius 3 is 2.43 bits per heavy atom. The highest BCUT2D eigenvalue weighted by Gasteiger charge is 2.19. The summed E-state index contributed by atoms with van der Waals surface area (Å²) < 4.78 is 0. The van der Waals surface area contributed by atoms with E-state index in [1.807, 2.05) is 0 Å². The van der Waals surface area contributed by atoms with Gasteiger partial charge in [-0.2, -0.15) is 0 Å². The van der Waals surface area contributed by atoms with Gasteiger partial charge in [0, 0.05) is 0 Å². The number of hydrogen-bond donors (Lipinski definition) is 0. The second-order valence-electron chi connectivity index (χ2n) is 4.28. The molecule has 0 radical (unpaired) electrons. The van der Waals surface area contributed by atoms with Crippen LogP contribution in [-0.2, 0) is 6.42 Å². The first-order valence-corrected chi connectivity index (χ1v) is 5.40. The summed E-state index contributed by atoms with van der Waals surface area (Å²) in [6, 6.07) is 2.36. The lowest BCUT2D eigenvalue weighted by Gasteiger charge is -2.11. The molecular formula is C14H18. The SMILES string of the molecule is C/C=C1\CCc2c1cc(C)c(C)c2C. The summed E-state index contributed by atoms with van der Waals surface area (Å²) in [6.07, 6.45) is 4.73. The summed E-state index contributed by atoms with van der Waals surface area (Å²) in [4.78, 5) is 0. The van der Waals surface area contributed by atoms with Crippen LogP contribution < -0.4 is 0 Å². The molecule has 0 amide bonds. The van der Waals surface area contributed by atoms with E-state index in [2.05, 4.69) is 39.8 Å². The molecule has 1 aliphatic carbocycles. The predicted molar refractivity (Wildman–Crippen MR) is 62.6 cm³/mol. The van der Waals surface area contributed by atoms with Crippen LogP contribution in [0.5, 0.6) is 0 Å². The molecule has 0 nitrogen and oxygen atoms in total. The fourth-order valence-corrected chi connectivity index (χ4v) is 2.44. The minimum atomic E-state index is 1.23. The number of fused-ring (bicyclic) bond motifs is 1. The topological polar surface area (TPSA) is 0 Å². The smallest absolute Gasteiger partial charge is 0.0190 e. The average Bonchev–Trinajstić information content (AvgIpc) is 2.57. The van der Waals surface area contributed by atoms with Crippen molar-refractivity contribution in [3.8, 4) is 0 Å². The van der Waals surface area contributed by atoms with Crippen molar-refractivity contribution in [2.75, 3.05) is 0 Å². The molecule has 0 heterocycles. The Kier molecular flexibility index (Phi) is 2.22. The van der Waals surface area contributed by atoms with Crippen LogP contribution in [-0.4, -0.2) is 0 Å². The Morgan fingerprint density at radius 1 is 1.07 bits per heavy atom. The molecule has 0 bridgehead atoms. The second kappa shape index (κ2) is 3.27. The van der Waals surface area contributed by atoms with Gasteiger partial charge in [-0.15, -0.1) is 0 Å². The summed E-state index contributed by atoms with van der Waals surface area (Å²) in [5, 5.41) is 0. The van der Waals surface area contributed by atoms with E-state index in [4.69, 9.17) is 0 Å². The summed E-state index contributed by atoms with van der Waals surface area (Å²) in [5.41, 5.74) is 9.04. The maximum absolute atomic E-state index is 2.36. The van der Waals surface area contributed by atoms with Crippen molar-refractivity contribution in [2.45, 2.75) is 40.5 Å². The Bertz CT molecular complexity index is 409. The van der Waals surface area contributed by atoms with Gasteiger partial charge >= 0.3 is 0 Å². The van der Waals surface area contributed by atoms with Crippen LogP contribution in [0, 0.1) is 20.8 Å². The molecule has 0 heteroatoms. The van der Waals surface area contributed by atoms with Gasteiger partial charge in [-0.1, -0.05) is 12.1 Å². The lowest BCUT2D eigenvalue weighted by molar-refractivity contribution is 1.05. The molecule has 0 aromatic heterocycles. The van der Waals surface area contributed by atoms with Crippen LogP contribution >= 0.6 is 0 Å². The molecule has 1 aromatic carbocycles. The summed E-state index contributed by atoms with van der Waals surface area (Å²) in [7, 11) is 0. The molecular weight excluding hydrogens is 168 g/mol. The van der Waals surface area contributed by atoms with Gasteiger partial charge < -0.3 is 0 Å². The number of rotatable bonds is 0. The fraction of sp³-hybridized carbons (Fsp3) is 0.429. The van der Waals surface area contributed by atoms with Gasteiger partial charge in [-0.3, -0.25) is 0 Å². The highest BCUT2D eigenvalue weighted by molar-refractivity contribution is 5.74. The van der Waals surface area contributed by atoms with E-state index in [1.165, 1.54) is 40.7 Å². The lowest BCUT2D eigenvalue weighted by atomic mass is 9.94. The maximum atomic E-state index is 2.36. The molecule has 1 aliphatic rings. The van der Waals surface area contributed by atoms with E-state index in [1.54, 1.807) is 5.56 Å². The summed E-state index contributed by atoms with van der Waals surface area (Å²) in [5.74, 6) is 0. The van der Waals surface area contributed by atoms with Gasteiger partial charge in [0.1, 0.15) is 0 Å². The minimum absolute atomic E-state index is 1.23. The maximum Gasteiger partial charge on any atom is -0.0190 e. The van der Waals surface area contributed by atoms with Crippen LogP contribution in [0.4, 0.5) is 0 Å². The summed E-state index contributed by atoms with van der Waals surface area (Å²) >= 11 is 0. The first kappa shape index (κ1) is 9.51. The minimum Gasteiger partial charge on any atom is -0.0838 e. The molecule has 0 atom stereocenters. The Labute approximate surface area is 86.7 Å². The van der Waals surface area contributed by atoms with Gasteiger partial charge in [-0.05, 0) is 73.9 Å². The normalized spacial score (nSPS) is 17.6. The van der Waals surface area contributed by atoms with Crippen LogP contribution in [0.25, 0.3) is 5.57 Å². The average molecular weight is 186 g/mol. The highest BCUT2D eigenvalue weighted by atomic mass is 14.2. The van der Waals surface area contributed by atoms with Crippen LogP contribution in [0.2, 0.25) is 0 Å². The first-order chi connectivity index (χ1) is 6.65. The van der Waals surface area contributed by atoms with Crippen LogP contribution in [0.1, 0.15) is 41.2 Å². The molecule has 74 valence electrons. The third-order valence-corrected chi connectivity index (χ3v) is 3.63. The Balaban J connectivity index is 2.70. The van der Waals surface area contributed by atoms with E-state index in [-0.39, 0.29) is 0 Å². The zero-order valence-electron chi connectivity index (χ0n) is 9.57. The third kappa shape index (κ3) is 1.21. The molecule has 0 saturated carbocycles. The van der Waals surface area contributed by atoms with Gasteiger partial charge in [0.05, 0.1) is 0 Å². The van der Waals surface area contributed by atoms with Gasteiger partial charge in [-0.25, -0.2) is 0 Å². The van der Waals surface area contributed by atoms with E-state index in [9.17, 15) is 0 Å². The molecule has 0 N–H and O–H groups in total. The van der Waals surface area contributed by atoms with Gasteiger partial charge in [0.2, 0.25) is 0 Å². The van der Waals surface area contributed by atoms with Crippen molar-refractivity contribution in [3.05, 3.63) is 40.0 Å². The number of allylic oxidation sites excluding steroid dienone is 2. The van der Waals surface area contributed by atoms with Crippen molar-refractivity contribution < 1.29 is 0 Å². The molecule has 1 aromatic rings. The number of hydrogen-bond acceptors (Lipinski definition) is 0. The van der Waals surface area contributed by atoms with Crippen LogP contribution in [0.15, 0.2) is 12.1 Å². The molecule has 2 rings (SSSR count). The molecule has 0 aliphatic heterocycles. The molecule has 0 spiro atoms. The fourth-order valence-electron chi connectivity index (χ4n) is 2.44. The van der Waals surface area contributed by atoms with E-state index >= 15 is 0 Å². The lowest BCUT2D eigenvalue weighted by Crippen LogP contribution is -1.94. The van der Waals surface area contributed by atoms with Crippen molar-refractivity contribution in [3.63, 3.8) is 0 Å². The van der Waals surface area contributed by atoms with Crippen molar-refractivity contribution in [1.29, 1.82) is 0 Å². The standard InChI is InChI=1S/C14H18/c1-5-12-6-7-13-11(4)10(3)9(2)8-14(12)13/h5,8H,6-7H2,1-4H3/b12-5+. The predicted octanol–water partition coefficient (Wildman–Crippen LogP) is 3.96. The van der Waals surface area contributed by atoms with E-state index in [0.717, 1.165) is 0 Å². The molecule has 14 heavy (non-hydrogen) atoms. The highest BCUT2D eigenvalue weighted by Crippen LogP contribution is 2.36. The van der Waals surface area contributed by atoms with Crippen molar-refractivity contribution in [2.24, 2.45) is 0 Å². The molecule has 0 unspecified atom stereocenters. The zero-order valence-corrected chi connectivity index (χ0v) is 9.57. The molecule has 0 saturated heterocycles. The van der Waals surface area contributed by atoms with Crippen molar-refractivity contribution in [1.82, 2.24) is 0 Å². The summed E-state index contributed by atoms with van der Waals surface area (Å²) in [6.45, 7) is 8.86. The monoisotopic (exact) mass is 186 g/mol. The number of benzene rings is 1. The quantitative estimate of drug-likeness (QED) is 0.575. The molecule has 0 fully saturated rings. The third-order valence-electron chi connectivity index (χ3n) is 3.63. The Morgan fingerprint density at radius 2 is 1.79 bits per heavy atom. The Hall–Kier alpha value is -1.04. The zero-order chi connectivity index (χ0) is 10.3. The van der Waals surface area contributed by atoms with Gasteiger partial charge in [0.25, 0.3) is 0 Å². The second-order valence-corrected chi connectivity index (χ2v) is 4.28.